The molecule has 0 unspecified atom stereocenters. The molecule has 9 nitrogen and oxygen atoms in total. The fourth-order valence-electron chi connectivity index (χ4n) is 2.15. The van der Waals surface area contributed by atoms with E-state index < -0.39 is 10.8 Å². The van der Waals surface area contributed by atoms with Crippen LogP contribution in [0, 0.1) is 17.0 Å². The summed E-state index contributed by atoms with van der Waals surface area (Å²) in [5, 5.41) is 17.3. The molecule has 9 heteroatoms. The first-order chi connectivity index (χ1) is 12.0. The summed E-state index contributed by atoms with van der Waals surface area (Å²) >= 11 is 0. The summed E-state index contributed by atoms with van der Waals surface area (Å²) in [6.07, 6.45) is 1.61. The molecule has 25 heavy (non-hydrogen) atoms. The van der Waals surface area contributed by atoms with Crippen LogP contribution in [0.4, 0.5) is 5.69 Å². The first-order valence-corrected chi connectivity index (χ1v) is 7.32. The Morgan fingerprint density at radius 3 is 2.88 bits per heavy atom. The molecule has 1 amide bonds. The quantitative estimate of drug-likeness (QED) is 0.558. The first kappa shape index (κ1) is 16.2. The summed E-state index contributed by atoms with van der Waals surface area (Å²) < 4.78 is 5.07. The Balaban J connectivity index is 1.70. The predicted octanol–water partition coefficient (Wildman–Crippen LogP) is 2.28. The van der Waals surface area contributed by atoms with Gasteiger partial charge in [-0.2, -0.15) is 4.98 Å². The molecule has 2 aromatic heterocycles. The number of nitro groups is 1. The lowest BCUT2D eigenvalue weighted by Crippen LogP contribution is -2.23. The fraction of sp³-hybridized carbons (Fsp3) is 0.125. The molecule has 0 aliphatic carbocycles. The average molecular weight is 339 g/mol. The second-order valence-corrected chi connectivity index (χ2v) is 5.17. The van der Waals surface area contributed by atoms with Crippen LogP contribution in [0.5, 0.6) is 0 Å². The van der Waals surface area contributed by atoms with Crippen molar-refractivity contribution in [2.45, 2.75) is 13.5 Å². The minimum atomic E-state index is -0.548. The number of nitro benzene ring substituents is 1. The highest BCUT2D eigenvalue weighted by Crippen LogP contribution is 2.17. The third-order valence-electron chi connectivity index (χ3n) is 3.44. The number of pyridine rings is 1. The third kappa shape index (κ3) is 3.66. The van der Waals surface area contributed by atoms with E-state index in [9.17, 15) is 14.9 Å². The Morgan fingerprint density at radius 2 is 2.16 bits per heavy atom. The average Bonchev–Trinajstić information content (AvgIpc) is 3.09. The Morgan fingerprint density at radius 1 is 1.32 bits per heavy atom. The molecule has 3 rings (SSSR count). The maximum absolute atomic E-state index is 12.3. The van der Waals surface area contributed by atoms with Gasteiger partial charge in [0.2, 0.25) is 11.7 Å². The standard InChI is InChI=1S/C16H13N5O4/c1-10-5-6-11(21(23)24)8-12(10)16(22)18-9-14-19-15(20-25-14)13-4-2-3-7-17-13/h2-8H,9H2,1H3,(H,18,22). The van der Waals surface area contributed by atoms with Crippen molar-refractivity contribution in [1.29, 1.82) is 0 Å². The zero-order valence-electron chi connectivity index (χ0n) is 13.2. The lowest BCUT2D eigenvalue weighted by molar-refractivity contribution is -0.384. The van der Waals surface area contributed by atoms with E-state index in [4.69, 9.17) is 4.52 Å². The number of aryl methyl sites for hydroxylation is 1. The number of non-ortho nitro benzene ring substituents is 1. The summed E-state index contributed by atoms with van der Waals surface area (Å²) in [4.78, 5) is 30.8. The summed E-state index contributed by atoms with van der Waals surface area (Å²) in [6, 6.07) is 9.41. The molecule has 0 saturated heterocycles. The molecule has 0 aliphatic heterocycles. The van der Waals surface area contributed by atoms with Gasteiger partial charge in [0.05, 0.1) is 11.5 Å². The second kappa shape index (κ2) is 6.87. The number of benzene rings is 1. The molecule has 0 radical (unpaired) electrons. The minimum Gasteiger partial charge on any atom is -0.343 e. The molecule has 1 N–H and O–H groups in total. The number of nitrogens with zero attached hydrogens (tertiary/aromatic N) is 4. The maximum Gasteiger partial charge on any atom is 0.270 e. The molecule has 0 fully saturated rings. The van der Waals surface area contributed by atoms with E-state index >= 15 is 0 Å². The van der Waals surface area contributed by atoms with E-state index in [0.29, 0.717) is 17.1 Å². The lowest BCUT2D eigenvalue weighted by Gasteiger charge is -2.05. The van der Waals surface area contributed by atoms with E-state index in [1.165, 1.54) is 18.2 Å². The zero-order chi connectivity index (χ0) is 17.8. The fourth-order valence-corrected chi connectivity index (χ4v) is 2.15. The Kier molecular flexibility index (Phi) is 4.46. The van der Waals surface area contributed by atoms with Crippen molar-refractivity contribution in [3.63, 3.8) is 0 Å². The van der Waals surface area contributed by atoms with Crippen LogP contribution < -0.4 is 5.32 Å². The summed E-state index contributed by atoms with van der Waals surface area (Å²) in [6.45, 7) is 1.70. The van der Waals surface area contributed by atoms with Gasteiger partial charge in [0, 0.05) is 23.9 Å². The number of hydrogen-bond donors (Lipinski definition) is 1. The van der Waals surface area contributed by atoms with Gasteiger partial charge in [-0.05, 0) is 24.6 Å². The Labute approximate surface area is 141 Å². The molecule has 0 bridgehead atoms. The number of aromatic nitrogens is 3. The third-order valence-corrected chi connectivity index (χ3v) is 3.44. The van der Waals surface area contributed by atoms with Crippen LogP contribution in [0.1, 0.15) is 21.8 Å². The van der Waals surface area contributed by atoms with Gasteiger partial charge in [0.1, 0.15) is 5.69 Å². The lowest BCUT2D eigenvalue weighted by atomic mass is 10.1. The molecule has 0 aliphatic rings. The molecule has 3 aromatic rings. The first-order valence-electron chi connectivity index (χ1n) is 7.32. The van der Waals surface area contributed by atoms with E-state index in [1.54, 1.807) is 31.3 Å². The molecule has 0 atom stereocenters. The Bertz CT molecular complexity index is 923. The number of carbonyl (C=O) groups excluding carboxylic acids is 1. The molecule has 126 valence electrons. The normalized spacial score (nSPS) is 10.4. The van der Waals surface area contributed by atoms with Gasteiger partial charge in [-0.3, -0.25) is 19.9 Å². The number of amides is 1. The topological polar surface area (TPSA) is 124 Å². The van der Waals surface area contributed by atoms with Gasteiger partial charge in [-0.25, -0.2) is 0 Å². The molecule has 2 heterocycles. The van der Waals surface area contributed by atoms with Crippen LogP contribution >= 0.6 is 0 Å². The molecular formula is C16H13N5O4. The monoisotopic (exact) mass is 339 g/mol. The van der Waals surface area contributed by atoms with E-state index in [-0.39, 0.29) is 23.7 Å². The van der Waals surface area contributed by atoms with Crippen molar-refractivity contribution in [1.82, 2.24) is 20.4 Å². The van der Waals surface area contributed by atoms with Crippen molar-refractivity contribution in [3.05, 3.63) is 69.7 Å². The van der Waals surface area contributed by atoms with Crippen LogP contribution in [0.2, 0.25) is 0 Å². The maximum atomic E-state index is 12.3. The number of carbonyl (C=O) groups is 1. The van der Waals surface area contributed by atoms with Gasteiger partial charge in [0.25, 0.3) is 11.6 Å². The molecular weight excluding hydrogens is 326 g/mol. The highest BCUT2D eigenvalue weighted by Gasteiger charge is 2.16. The largest absolute Gasteiger partial charge is 0.343 e. The van der Waals surface area contributed by atoms with E-state index in [1.807, 2.05) is 0 Å². The van der Waals surface area contributed by atoms with Gasteiger partial charge in [0.15, 0.2) is 0 Å². The van der Waals surface area contributed by atoms with Gasteiger partial charge >= 0.3 is 0 Å². The van der Waals surface area contributed by atoms with Gasteiger partial charge in [-0.15, -0.1) is 0 Å². The number of nitrogens with one attached hydrogen (secondary N) is 1. The highest BCUT2D eigenvalue weighted by molar-refractivity contribution is 5.96. The van der Waals surface area contributed by atoms with Gasteiger partial charge < -0.3 is 9.84 Å². The highest BCUT2D eigenvalue weighted by atomic mass is 16.6. The SMILES string of the molecule is Cc1ccc([N+](=O)[O-])cc1C(=O)NCc1nc(-c2ccccn2)no1. The number of hydrogen-bond acceptors (Lipinski definition) is 7. The van der Waals surface area contributed by atoms with E-state index in [2.05, 4.69) is 20.4 Å². The Hall–Kier alpha value is -3.62. The van der Waals surface area contributed by atoms with Crippen LogP contribution in [0.25, 0.3) is 11.5 Å². The summed E-state index contributed by atoms with van der Waals surface area (Å²) in [7, 11) is 0. The van der Waals surface area contributed by atoms with Crippen molar-refractivity contribution < 1.29 is 14.2 Å². The molecule has 0 saturated carbocycles. The van der Waals surface area contributed by atoms with Crippen molar-refractivity contribution in [2.24, 2.45) is 0 Å². The molecule has 0 spiro atoms. The van der Waals surface area contributed by atoms with Crippen LogP contribution in [-0.2, 0) is 6.54 Å². The molecule has 1 aromatic carbocycles. The van der Waals surface area contributed by atoms with Crippen molar-refractivity contribution in [2.75, 3.05) is 0 Å². The minimum absolute atomic E-state index is 0.000792. The summed E-state index contributed by atoms with van der Waals surface area (Å²) in [5.74, 6) is 0.0623. The number of rotatable bonds is 5. The van der Waals surface area contributed by atoms with Crippen LogP contribution in [-0.4, -0.2) is 26.0 Å². The second-order valence-electron chi connectivity index (χ2n) is 5.17. The van der Waals surface area contributed by atoms with Crippen LogP contribution in [0.3, 0.4) is 0 Å². The zero-order valence-corrected chi connectivity index (χ0v) is 13.2. The van der Waals surface area contributed by atoms with Crippen molar-refractivity contribution >= 4 is 11.6 Å². The van der Waals surface area contributed by atoms with Crippen LogP contribution in [0.15, 0.2) is 47.1 Å². The van der Waals surface area contributed by atoms with E-state index in [0.717, 1.165) is 0 Å². The van der Waals surface area contributed by atoms with Crippen molar-refractivity contribution in [3.8, 4) is 11.5 Å². The van der Waals surface area contributed by atoms with Gasteiger partial charge in [-0.1, -0.05) is 17.3 Å². The smallest absolute Gasteiger partial charge is 0.270 e. The summed E-state index contributed by atoms with van der Waals surface area (Å²) in [5.41, 5.74) is 1.26. The predicted molar refractivity (Wildman–Crippen MR) is 86.5 cm³/mol.